The van der Waals surface area contributed by atoms with Gasteiger partial charge >= 0.3 is 0 Å². The third-order valence-electron chi connectivity index (χ3n) is 4.52. The number of rotatable bonds is 6. The Morgan fingerprint density at radius 2 is 1.83 bits per heavy atom. The number of nitrogens with zero attached hydrogens (tertiary/aromatic N) is 5. The second-order valence-corrected chi connectivity index (χ2v) is 7.26. The highest BCUT2D eigenvalue weighted by molar-refractivity contribution is 7.14. The molecule has 1 atom stereocenters. The van der Waals surface area contributed by atoms with Crippen molar-refractivity contribution >= 4 is 33.8 Å². The molecule has 1 aromatic heterocycles. The molecule has 0 spiro atoms. The van der Waals surface area contributed by atoms with Gasteiger partial charge in [-0.25, -0.2) is 4.98 Å². The van der Waals surface area contributed by atoms with Crippen LogP contribution in [0.25, 0.3) is 11.3 Å². The number of methoxy groups -OCH3 is 2. The minimum absolute atomic E-state index is 0.290. The summed E-state index contributed by atoms with van der Waals surface area (Å²) < 4.78 is 10.5. The van der Waals surface area contributed by atoms with Gasteiger partial charge in [-0.05, 0) is 43.3 Å². The van der Waals surface area contributed by atoms with Crippen molar-refractivity contribution in [2.75, 3.05) is 19.2 Å². The zero-order valence-electron chi connectivity index (χ0n) is 16.6. The third-order valence-corrected chi connectivity index (χ3v) is 5.34. The number of hydrazone groups is 1. The van der Waals surface area contributed by atoms with E-state index < -0.39 is 6.04 Å². The Kier molecular flexibility index (Phi) is 5.53. The number of aromatic nitrogens is 1. The average Bonchev–Trinajstić information content (AvgIpc) is 3.37. The van der Waals surface area contributed by atoms with Crippen LogP contribution < -0.4 is 14.5 Å². The summed E-state index contributed by atoms with van der Waals surface area (Å²) in [5.41, 5.74) is 2.80. The minimum atomic E-state index is -0.789. The van der Waals surface area contributed by atoms with Crippen LogP contribution in [0.4, 0.5) is 10.8 Å². The van der Waals surface area contributed by atoms with E-state index in [2.05, 4.69) is 20.3 Å². The van der Waals surface area contributed by atoms with Crippen LogP contribution >= 0.6 is 11.3 Å². The van der Waals surface area contributed by atoms with Gasteiger partial charge in [-0.15, -0.1) is 11.3 Å². The third kappa shape index (κ3) is 3.79. The molecule has 30 heavy (non-hydrogen) atoms. The van der Waals surface area contributed by atoms with E-state index in [1.54, 1.807) is 33.3 Å². The second kappa shape index (κ2) is 8.42. The Hall–Kier alpha value is -3.59. The van der Waals surface area contributed by atoms with Crippen LogP contribution in [0.1, 0.15) is 6.92 Å². The van der Waals surface area contributed by atoms with Crippen molar-refractivity contribution in [2.24, 2.45) is 15.3 Å². The Balaban J connectivity index is 1.53. The van der Waals surface area contributed by atoms with Crippen LogP contribution in [-0.4, -0.2) is 36.9 Å². The maximum Gasteiger partial charge on any atom is 0.282 e. The molecule has 8 nitrogen and oxygen atoms in total. The van der Waals surface area contributed by atoms with E-state index in [1.165, 1.54) is 16.3 Å². The number of hydrogen-bond acceptors (Lipinski definition) is 8. The molecule has 1 unspecified atom stereocenters. The Morgan fingerprint density at radius 3 is 2.57 bits per heavy atom. The van der Waals surface area contributed by atoms with Crippen molar-refractivity contribution in [2.45, 2.75) is 13.0 Å². The number of azo groups is 1. The van der Waals surface area contributed by atoms with Gasteiger partial charge in [0.15, 0.2) is 6.04 Å². The fraction of sp³-hybridized carbons (Fsp3) is 0.190. The highest BCUT2D eigenvalue weighted by Gasteiger charge is 2.36. The maximum absolute atomic E-state index is 12.9. The fourth-order valence-electron chi connectivity index (χ4n) is 2.91. The molecule has 1 aliphatic rings. The van der Waals surface area contributed by atoms with Gasteiger partial charge in [-0.2, -0.15) is 20.3 Å². The summed E-state index contributed by atoms with van der Waals surface area (Å²) >= 11 is 1.34. The molecule has 3 aromatic rings. The lowest BCUT2D eigenvalue weighted by Crippen LogP contribution is -2.29. The number of benzene rings is 2. The second-order valence-electron chi connectivity index (χ2n) is 6.43. The van der Waals surface area contributed by atoms with E-state index in [1.807, 2.05) is 41.8 Å². The molecule has 2 aromatic carbocycles. The van der Waals surface area contributed by atoms with E-state index in [-0.39, 0.29) is 5.91 Å². The van der Waals surface area contributed by atoms with Gasteiger partial charge in [-0.1, -0.05) is 12.1 Å². The van der Waals surface area contributed by atoms with Crippen molar-refractivity contribution in [3.05, 3.63) is 53.9 Å². The van der Waals surface area contributed by atoms with Crippen LogP contribution in [0.15, 0.2) is 69.2 Å². The number of ether oxygens (including phenoxy) is 2. The molecule has 0 saturated heterocycles. The number of thiazole rings is 1. The Bertz CT molecular complexity index is 1120. The zero-order chi connectivity index (χ0) is 21.1. The van der Waals surface area contributed by atoms with Crippen LogP contribution in [0.2, 0.25) is 0 Å². The van der Waals surface area contributed by atoms with E-state index in [0.717, 1.165) is 17.0 Å². The van der Waals surface area contributed by atoms with Gasteiger partial charge in [0.05, 0.1) is 25.6 Å². The number of carbonyl (C=O) groups excluding carboxylic acids is 1. The minimum Gasteiger partial charge on any atom is -0.497 e. The van der Waals surface area contributed by atoms with Crippen molar-refractivity contribution in [1.82, 2.24) is 4.98 Å². The van der Waals surface area contributed by atoms with Crippen molar-refractivity contribution in [1.29, 1.82) is 0 Å². The number of para-hydroxylation sites is 1. The maximum atomic E-state index is 12.9. The molecule has 9 heteroatoms. The summed E-state index contributed by atoms with van der Waals surface area (Å²) in [6.07, 6.45) is 0. The summed E-state index contributed by atoms with van der Waals surface area (Å²) in [5, 5.41) is 16.4. The number of anilines is 1. The summed E-state index contributed by atoms with van der Waals surface area (Å²) in [5.74, 6) is 1.07. The summed E-state index contributed by atoms with van der Waals surface area (Å²) in [6, 6.07) is 14.0. The van der Waals surface area contributed by atoms with Crippen molar-refractivity contribution in [3.63, 3.8) is 0 Å². The Morgan fingerprint density at radius 1 is 1.07 bits per heavy atom. The van der Waals surface area contributed by atoms with Gasteiger partial charge in [0.25, 0.3) is 5.91 Å². The average molecular weight is 421 g/mol. The molecule has 0 saturated carbocycles. The van der Waals surface area contributed by atoms with Crippen LogP contribution in [-0.2, 0) is 4.79 Å². The predicted octanol–water partition coefficient (Wildman–Crippen LogP) is 4.70. The van der Waals surface area contributed by atoms with Crippen molar-refractivity contribution in [3.8, 4) is 22.8 Å². The molecule has 0 N–H and O–H groups in total. The zero-order valence-corrected chi connectivity index (χ0v) is 17.5. The lowest BCUT2D eigenvalue weighted by molar-refractivity contribution is -0.117. The SMILES string of the molecule is COc1ccc(-c2csc(N3N=C(C)C(N=Nc4ccccc4OC)C3=O)n2)cc1. The van der Waals surface area contributed by atoms with Crippen LogP contribution in [0.5, 0.6) is 11.5 Å². The lowest BCUT2D eigenvalue weighted by Gasteiger charge is -2.08. The first-order valence-electron chi connectivity index (χ1n) is 9.13. The number of carbonyl (C=O) groups is 1. The largest absolute Gasteiger partial charge is 0.497 e. The van der Waals surface area contributed by atoms with Crippen molar-refractivity contribution < 1.29 is 14.3 Å². The fourth-order valence-corrected chi connectivity index (χ4v) is 3.70. The molecule has 0 fully saturated rings. The molecule has 1 amide bonds. The highest BCUT2D eigenvalue weighted by atomic mass is 32.1. The molecular formula is C21H19N5O3S. The first kappa shape index (κ1) is 19.7. The standard InChI is InChI=1S/C21H19N5O3S/c1-13-19(24-23-16-6-4-5-7-18(16)29-3)20(27)26(25-13)21-22-17(12-30-21)14-8-10-15(28-2)11-9-14/h4-12,19H,1-3H3. The summed E-state index contributed by atoms with van der Waals surface area (Å²) in [7, 11) is 3.18. The summed E-state index contributed by atoms with van der Waals surface area (Å²) in [6.45, 7) is 1.75. The monoisotopic (exact) mass is 421 g/mol. The number of hydrogen-bond donors (Lipinski definition) is 0. The number of amides is 1. The smallest absolute Gasteiger partial charge is 0.282 e. The lowest BCUT2D eigenvalue weighted by atomic mass is 10.2. The summed E-state index contributed by atoms with van der Waals surface area (Å²) in [4.78, 5) is 17.5. The predicted molar refractivity (Wildman–Crippen MR) is 116 cm³/mol. The van der Waals surface area contributed by atoms with Gasteiger partial charge < -0.3 is 9.47 Å². The normalized spacial score (nSPS) is 16.2. The van der Waals surface area contributed by atoms with E-state index in [9.17, 15) is 4.79 Å². The van der Waals surface area contributed by atoms with E-state index in [0.29, 0.717) is 22.3 Å². The van der Waals surface area contributed by atoms with E-state index >= 15 is 0 Å². The quantitative estimate of drug-likeness (QED) is 0.540. The molecule has 4 rings (SSSR count). The molecule has 0 aliphatic carbocycles. The first-order valence-corrected chi connectivity index (χ1v) is 10.0. The Labute approximate surface area is 177 Å². The molecule has 0 bridgehead atoms. The molecule has 152 valence electrons. The molecule has 0 radical (unpaired) electrons. The van der Waals surface area contributed by atoms with Gasteiger partial charge in [-0.3, -0.25) is 4.79 Å². The van der Waals surface area contributed by atoms with Gasteiger partial charge in [0, 0.05) is 10.9 Å². The first-order chi connectivity index (χ1) is 14.6. The highest BCUT2D eigenvalue weighted by Crippen LogP contribution is 2.32. The van der Waals surface area contributed by atoms with E-state index in [4.69, 9.17) is 9.47 Å². The molecule has 1 aliphatic heterocycles. The molecule has 2 heterocycles. The van der Waals surface area contributed by atoms with Gasteiger partial charge in [0.2, 0.25) is 5.13 Å². The topological polar surface area (TPSA) is 88.7 Å². The molecular weight excluding hydrogens is 402 g/mol. The van der Waals surface area contributed by atoms with Crippen LogP contribution in [0.3, 0.4) is 0 Å². The van der Waals surface area contributed by atoms with Crippen LogP contribution in [0, 0.1) is 0 Å². The van der Waals surface area contributed by atoms with Gasteiger partial charge in [0.1, 0.15) is 17.2 Å².